The lowest BCUT2D eigenvalue weighted by Gasteiger charge is -2.39. The lowest BCUT2D eigenvalue weighted by molar-refractivity contribution is -0.135. The van der Waals surface area contributed by atoms with Gasteiger partial charge in [0.25, 0.3) is 5.91 Å². The summed E-state index contributed by atoms with van der Waals surface area (Å²) in [6, 6.07) is 9.49. The number of nitrogens with zero attached hydrogens (tertiary/aromatic N) is 2. The van der Waals surface area contributed by atoms with E-state index in [9.17, 15) is 4.79 Å². The number of piperidine rings is 1. The molecule has 1 aliphatic rings. The molecular weight excluding hydrogens is 278 g/mol. The van der Waals surface area contributed by atoms with Crippen molar-refractivity contribution in [2.24, 2.45) is 0 Å². The molecule has 1 heterocycles. The monoisotopic (exact) mass is 301 g/mol. The van der Waals surface area contributed by atoms with E-state index in [0.29, 0.717) is 23.4 Å². The number of amides is 1. The third-order valence-electron chi connectivity index (χ3n) is 4.10. The van der Waals surface area contributed by atoms with Gasteiger partial charge in [-0.3, -0.25) is 10.2 Å². The maximum absolute atomic E-state index is 12.3. The summed E-state index contributed by atoms with van der Waals surface area (Å²) in [5, 5.41) is 10.8. The molecule has 1 N–H and O–H groups in total. The minimum absolute atomic E-state index is 0.148. The van der Waals surface area contributed by atoms with Crippen LogP contribution >= 0.6 is 0 Å². The number of nitriles is 1. The molecule has 1 saturated heterocycles. The van der Waals surface area contributed by atoms with E-state index in [2.05, 4.69) is 25.3 Å². The second-order valence-electron chi connectivity index (χ2n) is 5.91. The number of carbonyl (C=O) groups excluding carboxylic acids is 1. The first-order valence-corrected chi connectivity index (χ1v) is 7.77. The molecule has 1 fully saturated rings. The van der Waals surface area contributed by atoms with Crippen LogP contribution in [-0.4, -0.2) is 29.1 Å². The van der Waals surface area contributed by atoms with Crippen molar-refractivity contribution in [1.82, 2.24) is 10.4 Å². The molecule has 1 aliphatic heterocycles. The Morgan fingerprint density at radius 1 is 1.32 bits per heavy atom. The lowest BCUT2D eigenvalue weighted by Crippen LogP contribution is -2.56. The summed E-state index contributed by atoms with van der Waals surface area (Å²) in [5.74, 6) is 0.436. The molecule has 0 aromatic heterocycles. The first-order valence-electron chi connectivity index (χ1n) is 7.77. The number of ether oxygens (including phenoxy) is 1. The maximum Gasteiger partial charge on any atom is 0.275 e. The van der Waals surface area contributed by atoms with Crippen LogP contribution in [0, 0.1) is 11.3 Å². The van der Waals surface area contributed by atoms with Gasteiger partial charge in [-0.15, -0.1) is 0 Å². The van der Waals surface area contributed by atoms with E-state index in [1.54, 1.807) is 31.2 Å². The van der Waals surface area contributed by atoms with Crippen molar-refractivity contribution in [2.75, 3.05) is 0 Å². The summed E-state index contributed by atoms with van der Waals surface area (Å²) in [6.07, 6.45) is 2.80. The molecule has 3 atom stereocenters. The summed E-state index contributed by atoms with van der Waals surface area (Å²) < 4.78 is 5.64. The number of hydrogen-bond acceptors (Lipinski definition) is 4. The van der Waals surface area contributed by atoms with E-state index in [-0.39, 0.29) is 5.91 Å². The Labute approximate surface area is 131 Å². The standard InChI is InChI=1S/C17H23N3O2/c1-12-5-4-6-13(2)20(12)19-17(21)14(3)22-16-9-7-15(11-18)8-10-16/h7-10,12-14H,4-6H2,1-3H3,(H,19,21)/t12-,13+,14-/m1/s1. The molecule has 0 bridgehead atoms. The highest BCUT2D eigenvalue weighted by molar-refractivity contribution is 5.80. The van der Waals surface area contributed by atoms with Crippen molar-refractivity contribution in [3.63, 3.8) is 0 Å². The highest BCUT2D eigenvalue weighted by Crippen LogP contribution is 2.20. The van der Waals surface area contributed by atoms with Crippen LogP contribution in [0.15, 0.2) is 24.3 Å². The van der Waals surface area contributed by atoms with Crippen molar-refractivity contribution in [3.8, 4) is 11.8 Å². The molecular formula is C17H23N3O2. The Balaban J connectivity index is 1.92. The van der Waals surface area contributed by atoms with Gasteiger partial charge in [0, 0.05) is 12.1 Å². The molecule has 0 aliphatic carbocycles. The predicted octanol–water partition coefficient (Wildman–Crippen LogP) is 2.62. The molecule has 5 heteroatoms. The van der Waals surface area contributed by atoms with Crippen LogP contribution in [0.25, 0.3) is 0 Å². The number of nitrogens with one attached hydrogen (secondary N) is 1. The van der Waals surface area contributed by atoms with Crippen LogP contribution in [0.5, 0.6) is 5.75 Å². The van der Waals surface area contributed by atoms with E-state index in [1.807, 2.05) is 5.01 Å². The summed E-state index contributed by atoms with van der Waals surface area (Å²) in [7, 11) is 0. The second-order valence-corrected chi connectivity index (χ2v) is 5.91. The second kappa shape index (κ2) is 7.28. The van der Waals surface area contributed by atoms with Gasteiger partial charge in [-0.25, -0.2) is 5.01 Å². The van der Waals surface area contributed by atoms with Crippen LogP contribution in [0.2, 0.25) is 0 Å². The normalized spacial score (nSPS) is 23.4. The SMILES string of the molecule is C[C@@H]1CCC[C@H](C)N1NC(=O)[C@@H](C)Oc1ccc(C#N)cc1. The molecule has 5 nitrogen and oxygen atoms in total. The van der Waals surface area contributed by atoms with Crippen LogP contribution in [0.3, 0.4) is 0 Å². The minimum Gasteiger partial charge on any atom is -0.481 e. The molecule has 22 heavy (non-hydrogen) atoms. The van der Waals surface area contributed by atoms with Gasteiger partial charge in [0.2, 0.25) is 0 Å². The van der Waals surface area contributed by atoms with Crippen molar-refractivity contribution in [1.29, 1.82) is 5.26 Å². The first-order chi connectivity index (χ1) is 10.5. The lowest BCUT2D eigenvalue weighted by atomic mass is 10.00. The molecule has 1 aromatic carbocycles. The topological polar surface area (TPSA) is 65.4 Å². The molecule has 0 spiro atoms. The van der Waals surface area contributed by atoms with Crippen LogP contribution in [-0.2, 0) is 4.79 Å². The van der Waals surface area contributed by atoms with Gasteiger partial charge < -0.3 is 4.74 Å². The summed E-state index contributed by atoms with van der Waals surface area (Å²) in [4.78, 5) is 12.3. The number of hydrazine groups is 1. The quantitative estimate of drug-likeness (QED) is 0.928. The zero-order chi connectivity index (χ0) is 16.1. The fourth-order valence-corrected chi connectivity index (χ4v) is 2.73. The average Bonchev–Trinajstić information content (AvgIpc) is 2.51. The van der Waals surface area contributed by atoms with E-state index in [4.69, 9.17) is 10.00 Å². The zero-order valence-corrected chi connectivity index (χ0v) is 13.4. The largest absolute Gasteiger partial charge is 0.481 e. The number of benzene rings is 1. The van der Waals surface area contributed by atoms with E-state index in [1.165, 1.54) is 6.42 Å². The number of rotatable bonds is 4. The third-order valence-corrected chi connectivity index (χ3v) is 4.10. The third kappa shape index (κ3) is 3.99. The van der Waals surface area contributed by atoms with E-state index < -0.39 is 6.10 Å². The maximum atomic E-state index is 12.3. The van der Waals surface area contributed by atoms with Gasteiger partial charge in [-0.1, -0.05) is 6.42 Å². The zero-order valence-electron chi connectivity index (χ0n) is 13.4. The van der Waals surface area contributed by atoms with Gasteiger partial charge >= 0.3 is 0 Å². The fraction of sp³-hybridized carbons (Fsp3) is 0.529. The van der Waals surface area contributed by atoms with E-state index >= 15 is 0 Å². The number of carbonyl (C=O) groups is 1. The van der Waals surface area contributed by atoms with Crippen molar-refractivity contribution < 1.29 is 9.53 Å². The Hall–Kier alpha value is -2.06. The first kappa shape index (κ1) is 16.3. The Morgan fingerprint density at radius 3 is 2.45 bits per heavy atom. The molecule has 0 radical (unpaired) electrons. The van der Waals surface area contributed by atoms with Gasteiger partial charge in [-0.05, 0) is 57.9 Å². The Bertz CT molecular complexity index is 540. The highest BCUT2D eigenvalue weighted by Gasteiger charge is 2.28. The smallest absolute Gasteiger partial charge is 0.275 e. The van der Waals surface area contributed by atoms with Crippen LogP contribution in [0.1, 0.15) is 45.6 Å². The molecule has 0 saturated carbocycles. The van der Waals surface area contributed by atoms with E-state index in [0.717, 1.165) is 12.8 Å². The highest BCUT2D eigenvalue weighted by atomic mass is 16.5. The molecule has 0 unspecified atom stereocenters. The summed E-state index contributed by atoms with van der Waals surface area (Å²) >= 11 is 0. The molecule has 1 aromatic rings. The van der Waals surface area contributed by atoms with Gasteiger partial charge in [-0.2, -0.15) is 5.26 Å². The van der Waals surface area contributed by atoms with Gasteiger partial charge in [0.1, 0.15) is 5.75 Å². The summed E-state index contributed by atoms with van der Waals surface area (Å²) in [5.41, 5.74) is 3.55. The molecule has 1 amide bonds. The van der Waals surface area contributed by atoms with Gasteiger partial charge in [0.15, 0.2) is 6.10 Å². The Morgan fingerprint density at radius 2 is 1.91 bits per heavy atom. The van der Waals surface area contributed by atoms with Gasteiger partial charge in [0.05, 0.1) is 11.6 Å². The molecule has 2 rings (SSSR count). The van der Waals surface area contributed by atoms with Crippen LogP contribution < -0.4 is 10.2 Å². The van der Waals surface area contributed by atoms with Crippen molar-refractivity contribution in [3.05, 3.63) is 29.8 Å². The van der Waals surface area contributed by atoms with Crippen LogP contribution in [0.4, 0.5) is 0 Å². The molecule has 118 valence electrons. The van der Waals surface area contributed by atoms with Crippen molar-refractivity contribution >= 4 is 5.91 Å². The fourth-order valence-electron chi connectivity index (χ4n) is 2.73. The predicted molar refractivity (Wildman–Crippen MR) is 84.0 cm³/mol. The summed E-state index contributed by atoms with van der Waals surface area (Å²) in [6.45, 7) is 5.98. The van der Waals surface area contributed by atoms with Crippen molar-refractivity contribution in [2.45, 2.75) is 58.2 Å². The average molecular weight is 301 g/mol. The number of hydrogen-bond donors (Lipinski definition) is 1. The minimum atomic E-state index is -0.589. The Kier molecular flexibility index (Phi) is 5.40.